The van der Waals surface area contributed by atoms with E-state index in [9.17, 15) is 13.2 Å². The average molecular weight is 409 g/mol. The third kappa shape index (κ3) is 5.23. The van der Waals surface area contributed by atoms with Gasteiger partial charge in [-0.15, -0.1) is 0 Å². The second-order valence-corrected chi connectivity index (χ2v) is 9.10. The van der Waals surface area contributed by atoms with E-state index in [-0.39, 0.29) is 11.9 Å². The van der Waals surface area contributed by atoms with Crippen LogP contribution in [-0.2, 0) is 14.8 Å². The van der Waals surface area contributed by atoms with Crippen molar-refractivity contribution in [1.82, 2.24) is 5.32 Å². The molecule has 0 heterocycles. The summed E-state index contributed by atoms with van der Waals surface area (Å²) < 4.78 is 25.8. The first-order valence-electron chi connectivity index (χ1n) is 8.63. The number of carbonyl (C=O) groups is 1. The van der Waals surface area contributed by atoms with Gasteiger partial charge in [-0.1, -0.05) is 41.4 Å². The summed E-state index contributed by atoms with van der Waals surface area (Å²) in [5.74, 6) is -0.382. The number of halogens is 1. The van der Waals surface area contributed by atoms with Gasteiger partial charge < -0.3 is 5.32 Å². The molecule has 0 saturated carbocycles. The van der Waals surface area contributed by atoms with E-state index in [1.165, 1.54) is 6.07 Å². The van der Waals surface area contributed by atoms with Crippen molar-refractivity contribution in [3.05, 3.63) is 64.2 Å². The van der Waals surface area contributed by atoms with Gasteiger partial charge in [0.05, 0.1) is 18.0 Å². The number of nitrogens with zero attached hydrogens (tertiary/aromatic N) is 1. The molecule has 0 spiro atoms. The Labute approximate surface area is 166 Å². The first kappa shape index (κ1) is 21.3. The Kier molecular flexibility index (Phi) is 6.54. The average Bonchev–Trinajstić information content (AvgIpc) is 2.53. The molecular formula is C20H25ClN2O3S. The molecule has 146 valence electrons. The van der Waals surface area contributed by atoms with Crippen molar-refractivity contribution in [2.75, 3.05) is 10.6 Å². The van der Waals surface area contributed by atoms with Crippen molar-refractivity contribution < 1.29 is 13.2 Å². The molecule has 0 bridgehead atoms. The van der Waals surface area contributed by atoms with Crippen LogP contribution in [0.25, 0.3) is 0 Å². The molecule has 2 rings (SSSR count). The number of nitrogens with one attached hydrogen (secondary N) is 1. The van der Waals surface area contributed by atoms with Gasteiger partial charge in [0.25, 0.3) is 0 Å². The van der Waals surface area contributed by atoms with Crippen LogP contribution in [0.3, 0.4) is 0 Å². The number of aryl methyl sites for hydroxylation is 2. The third-order valence-corrected chi connectivity index (χ3v) is 5.88. The van der Waals surface area contributed by atoms with Crippen molar-refractivity contribution in [3.8, 4) is 0 Å². The Morgan fingerprint density at radius 1 is 1.11 bits per heavy atom. The van der Waals surface area contributed by atoms with Crippen molar-refractivity contribution in [2.24, 2.45) is 0 Å². The normalized spacial score (nSPS) is 13.7. The summed E-state index contributed by atoms with van der Waals surface area (Å²) in [4.78, 5) is 12.8. The van der Waals surface area contributed by atoms with Crippen LogP contribution in [0.1, 0.15) is 36.6 Å². The molecule has 27 heavy (non-hydrogen) atoms. The summed E-state index contributed by atoms with van der Waals surface area (Å²) >= 11 is 6.00. The highest BCUT2D eigenvalue weighted by atomic mass is 35.5. The lowest BCUT2D eigenvalue weighted by molar-refractivity contribution is -0.122. The van der Waals surface area contributed by atoms with E-state index in [1.807, 2.05) is 32.9 Å². The fourth-order valence-electron chi connectivity index (χ4n) is 3.15. The van der Waals surface area contributed by atoms with Crippen LogP contribution in [0.4, 0.5) is 5.69 Å². The Hall–Kier alpha value is -2.05. The zero-order chi connectivity index (χ0) is 20.4. The Bertz CT molecular complexity index is 944. The van der Waals surface area contributed by atoms with Crippen LogP contribution in [0.15, 0.2) is 42.5 Å². The summed E-state index contributed by atoms with van der Waals surface area (Å²) in [5.41, 5.74) is 3.57. The molecule has 2 atom stereocenters. The van der Waals surface area contributed by atoms with Crippen molar-refractivity contribution in [1.29, 1.82) is 0 Å². The van der Waals surface area contributed by atoms with E-state index in [4.69, 9.17) is 11.6 Å². The lowest BCUT2D eigenvalue weighted by atomic mass is 10.00. The van der Waals surface area contributed by atoms with E-state index in [1.54, 1.807) is 25.1 Å². The molecule has 1 N–H and O–H groups in total. The smallest absolute Gasteiger partial charge is 0.244 e. The van der Waals surface area contributed by atoms with Crippen LogP contribution in [0.2, 0.25) is 5.02 Å². The van der Waals surface area contributed by atoms with Crippen LogP contribution in [-0.4, -0.2) is 26.6 Å². The highest BCUT2D eigenvalue weighted by molar-refractivity contribution is 7.92. The molecular weight excluding hydrogens is 384 g/mol. The molecule has 5 nitrogen and oxygen atoms in total. The minimum absolute atomic E-state index is 0.249. The van der Waals surface area contributed by atoms with Gasteiger partial charge in [0.1, 0.15) is 6.04 Å². The third-order valence-electron chi connectivity index (χ3n) is 4.40. The molecule has 0 radical (unpaired) electrons. The molecule has 1 amide bonds. The zero-order valence-electron chi connectivity index (χ0n) is 16.2. The maximum absolute atomic E-state index is 12.8. The number of amides is 1. The molecule has 0 aliphatic heterocycles. The lowest BCUT2D eigenvalue weighted by Crippen LogP contribution is -2.48. The van der Waals surface area contributed by atoms with Gasteiger partial charge >= 0.3 is 0 Å². The predicted octanol–water partition coefficient (Wildman–Crippen LogP) is 3.99. The monoisotopic (exact) mass is 408 g/mol. The first-order valence-corrected chi connectivity index (χ1v) is 10.9. The van der Waals surface area contributed by atoms with Crippen LogP contribution in [0, 0.1) is 13.8 Å². The zero-order valence-corrected chi connectivity index (χ0v) is 17.7. The summed E-state index contributed by atoms with van der Waals surface area (Å²) in [7, 11) is -3.68. The highest BCUT2D eigenvalue weighted by Gasteiger charge is 2.30. The Morgan fingerprint density at radius 2 is 1.78 bits per heavy atom. The van der Waals surface area contributed by atoms with Crippen LogP contribution >= 0.6 is 11.6 Å². The maximum Gasteiger partial charge on any atom is 0.244 e. The standard InChI is InChI=1S/C20H25ClN2O3S/c1-13-9-10-19(14(2)11-13)15(3)22-20(24)16(4)23(27(5,25)26)18-8-6-7-17(21)12-18/h6-12,15-16H,1-5H3,(H,22,24)/t15-,16-/m0/s1. The number of carbonyl (C=O) groups excluding carboxylic acids is 1. The minimum Gasteiger partial charge on any atom is -0.348 e. The fraction of sp³-hybridized carbons (Fsp3) is 0.350. The summed E-state index contributed by atoms with van der Waals surface area (Å²) in [6, 6.07) is 11.3. The van der Waals surface area contributed by atoms with Crippen LogP contribution in [0.5, 0.6) is 0 Å². The second-order valence-electron chi connectivity index (χ2n) is 6.80. The molecule has 2 aromatic carbocycles. The first-order chi connectivity index (χ1) is 12.5. The van der Waals surface area contributed by atoms with E-state index in [0.29, 0.717) is 10.7 Å². The maximum atomic E-state index is 12.8. The highest BCUT2D eigenvalue weighted by Crippen LogP contribution is 2.25. The van der Waals surface area contributed by atoms with E-state index in [0.717, 1.165) is 27.3 Å². The van der Waals surface area contributed by atoms with E-state index < -0.39 is 16.1 Å². The van der Waals surface area contributed by atoms with Gasteiger partial charge in [-0.3, -0.25) is 9.10 Å². The SMILES string of the molecule is Cc1ccc([C@H](C)NC(=O)[C@H](C)N(c2cccc(Cl)c2)S(C)(=O)=O)c(C)c1. The van der Waals surface area contributed by atoms with Gasteiger partial charge in [-0.05, 0) is 57.0 Å². The van der Waals surface area contributed by atoms with E-state index >= 15 is 0 Å². The van der Waals surface area contributed by atoms with Gasteiger partial charge in [0, 0.05) is 5.02 Å². The number of rotatable bonds is 6. The number of hydrogen-bond donors (Lipinski definition) is 1. The second kappa shape index (κ2) is 8.31. The van der Waals surface area contributed by atoms with Crippen molar-refractivity contribution in [3.63, 3.8) is 0 Å². The van der Waals surface area contributed by atoms with Crippen molar-refractivity contribution in [2.45, 2.75) is 39.8 Å². The van der Waals surface area contributed by atoms with Crippen molar-refractivity contribution >= 4 is 33.2 Å². The molecule has 0 saturated heterocycles. The largest absolute Gasteiger partial charge is 0.348 e. The van der Waals surface area contributed by atoms with Crippen LogP contribution < -0.4 is 9.62 Å². The molecule has 7 heteroatoms. The molecule has 0 unspecified atom stereocenters. The summed E-state index contributed by atoms with van der Waals surface area (Å²) in [6.07, 6.45) is 1.07. The molecule has 0 fully saturated rings. The summed E-state index contributed by atoms with van der Waals surface area (Å²) in [5, 5.41) is 3.32. The topological polar surface area (TPSA) is 66.5 Å². The Balaban J connectivity index is 2.27. The fourth-order valence-corrected chi connectivity index (χ4v) is 4.50. The van der Waals surface area contributed by atoms with Gasteiger partial charge in [-0.25, -0.2) is 8.42 Å². The number of anilines is 1. The molecule has 0 aliphatic carbocycles. The molecule has 0 aromatic heterocycles. The lowest BCUT2D eigenvalue weighted by Gasteiger charge is -2.29. The summed E-state index contributed by atoms with van der Waals surface area (Å²) in [6.45, 7) is 7.44. The quantitative estimate of drug-likeness (QED) is 0.785. The molecule has 2 aromatic rings. The number of benzene rings is 2. The van der Waals surface area contributed by atoms with Gasteiger partial charge in [-0.2, -0.15) is 0 Å². The van der Waals surface area contributed by atoms with Gasteiger partial charge in [0.15, 0.2) is 0 Å². The van der Waals surface area contributed by atoms with E-state index in [2.05, 4.69) is 11.4 Å². The minimum atomic E-state index is -3.68. The van der Waals surface area contributed by atoms with Gasteiger partial charge in [0.2, 0.25) is 15.9 Å². The molecule has 0 aliphatic rings. The Morgan fingerprint density at radius 3 is 2.33 bits per heavy atom. The predicted molar refractivity (Wildman–Crippen MR) is 111 cm³/mol. The number of sulfonamides is 1. The number of hydrogen-bond acceptors (Lipinski definition) is 3.